The van der Waals surface area contributed by atoms with E-state index in [2.05, 4.69) is 0 Å². The van der Waals surface area contributed by atoms with E-state index in [-0.39, 0.29) is 16.3 Å². The molecular weight excluding hydrogens is 276 g/mol. The molecule has 0 saturated heterocycles. The van der Waals surface area contributed by atoms with Gasteiger partial charge in [0, 0.05) is 17.2 Å². The lowest BCUT2D eigenvalue weighted by atomic mass is 10.2. The third-order valence-electron chi connectivity index (χ3n) is 1.88. The second-order valence-electron chi connectivity index (χ2n) is 3.28. The first kappa shape index (κ1) is 14.5. The maximum atomic E-state index is 11.6. The number of carboxylic acids is 1. The molecule has 0 heterocycles. The molecule has 0 spiro atoms. The number of aliphatic carboxylic acids is 1. The SMILES string of the molecule is O=C(O)/C=C\C(=O)NNC(=O)c1cc(Cl)ccc1O. The Morgan fingerprint density at radius 3 is 2.47 bits per heavy atom. The standard InChI is InChI=1S/C11H9ClN2O5/c12-6-1-2-8(15)7(5-6)11(19)14-13-9(16)3-4-10(17)18/h1-5,15H,(H,13,16)(H,14,19)(H,17,18)/b4-3-. The highest BCUT2D eigenvalue weighted by Gasteiger charge is 2.11. The fraction of sp³-hybridized carbons (Fsp3) is 0. The van der Waals surface area contributed by atoms with Crippen LogP contribution in [0.3, 0.4) is 0 Å². The lowest BCUT2D eigenvalue weighted by Gasteiger charge is -2.07. The molecule has 7 nitrogen and oxygen atoms in total. The van der Waals surface area contributed by atoms with Gasteiger partial charge in [-0.15, -0.1) is 0 Å². The van der Waals surface area contributed by atoms with Crippen LogP contribution >= 0.6 is 11.6 Å². The molecule has 8 heteroatoms. The number of hydrogen-bond acceptors (Lipinski definition) is 4. The van der Waals surface area contributed by atoms with E-state index >= 15 is 0 Å². The van der Waals surface area contributed by atoms with Gasteiger partial charge in [-0.3, -0.25) is 20.4 Å². The topological polar surface area (TPSA) is 116 Å². The highest BCUT2D eigenvalue weighted by molar-refractivity contribution is 6.31. The van der Waals surface area contributed by atoms with Gasteiger partial charge in [0.2, 0.25) is 0 Å². The number of hydrogen-bond donors (Lipinski definition) is 4. The Hall–Kier alpha value is -2.54. The summed E-state index contributed by atoms with van der Waals surface area (Å²) in [5.41, 5.74) is 3.80. The van der Waals surface area contributed by atoms with Gasteiger partial charge in [-0.1, -0.05) is 11.6 Å². The molecule has 0 radical (unpaired) electrons. The Kier molecular flexibility index (Phi) is 4.90. The summed E-state index contributed by atoms with van der Waals surface area (Å²) in [5.74, 6) is -3.24. The van der Waals surface area contributed by atoms with Gasteiger partial charge in [0.25, 0.3) is 11.8 Å². The summed E-state index contributed by atoms with van der Waals surface area (Å²) < 4.78 is 0. The van der Waals surface area contributed by atoms with Crippen LogP contribution in [0, 0.1) is 0 Å². The van der Waals surface area contributed by atoms with E-state index in [0.29, 0.717) is 6.08 Å². The average molecular weight is 285 g/mol. The number of nitrogens with one attached hydrogen (secondary N) is 2. The number of carbonyl (C=O) groups is 3. The maximum Gasteiger partial charge on any atom is 0.328 e. The summed E-state index contributed by atoms with van der Waals surface area (Å²) >= 11 is 5.65. The Morgan fingerprint density at radius 1 is 1.16 bits per heavy atom. The molecule has 0 aliphatic rings. The molecule has 0 aliphatic heterocycles. The molecule has 0 aliphatic carbocycles. The molecule has 1 rings (SSSR count). The first-order valence-corrected chi connectivity index (χ1v) is 5.28. The van der Waals surface area contributed by atoms with Crippen molar-refractivity contribution in [2.75, 3.05) is 0 Å². The number of rotatable bonds is 3. The molecule has 4 N–H and O–H groups in total. The van der Waals surface area contributed by atoms with Crippen molar-refractivity contribution in [2.24, 2.45) is 0 Å². The molecule has 0 saturated carbocycles. The van der Waals surface area contributed by atoms with Gasteiger partial charge in [0.1, 0.15) is 5.75 Å². The van der Waals surface area contributed by atoms with Crippen LogP contribution in [-0.4, -0.2) is 28.0 Å². The Bertz CT molecular complexity index is 556. The summed E-state index contributed by atoms with van der Waals surface area (Å²) in [6, 6.07) is 3.83. The second kappa shape index (κ2) is 6.41. The predicted octanol–water partition coefficient (Wildman–Crippen LogP) is 0.447. The first-order valence-electron chi connectivity index (χ1n) is 4.90. The highest BCUT2D eigenvalue weighted by atomic mass is 35.5. The van der Waals surface area contributed by atoms with Gasteiger partial charge in [-0.2, -0.15) is 0 Å². The molecule has 19 heavy (non-hydrogen) atoms. The van der Waals surface area contributed by atoms with Crippen LogP contribution in [0.4, 0.5) is 0 Å². The maximum absolute atomic E-state index is 11.6. The fourth-order valence-corrected chi connectivity index (χ4v) is 1.24. The van der Waals surface area contributed by atoms with Crippen LogP contribution in [0.25, 0.3) is 0 Å². The van der Waals surface area contributed by atoms with E-state index in [4.69, 9.17) is 16.7 Å². The third-order valence-corrected chi connectivity index (χ3v) is 2.11. The van der Waals surface area contributed by atoms with Crippen LogP contribution in [0.2, 0.25) is 5.02 Å². The molecular formula is C11H9ClN2O5. The molecule has 0 aromatic heterocycles. The van der Waals surface area contributed by atoms with Crippen molar-refractivity contribution in [3.63, 3.8) is 0 Å². The van der Waals surface area contributed by atoms with Crippen molar-refractivity contribution in [1.29, 1.82) is 0 Å². The van der Waals surface area contributed by atoms with E-state index in [9.17, 15) is 19.5 Å². The molecule has 1 aromatic rings. The van der Waals surface area contributed by atoms with Gasteiger partial charge >= 0.3 is 5.97 Å². The molecule has 0 atom stereocenters. The number of amides is 2. The summed E-state index contributed by atoms with van der Waals surface area (Å²) in [7, 11) is 0. The fourth-order valence-electron chi connectivity index (χ4n) is 1.06. The van der Waals surface area contributed by atoms with E-state index in [1.807, 2.05) is 10.9 Å². The summed E-state index contributed by atoms with van der Waals surface area (Å²) in [4.78, 5) is 32.8. The monoisotopic (exact) mass is 284 g/mol. The molecule has 100 valence electrons. The second-order valence-corrected chi connectivity index (χ2v) is 3.71. The van der Waals surface area contributed by atoms with E-state index in [1.54, 1.807) is 0 Å². The van der Waals surface area contributed by atoms with E-state index in [1.165, 1.54) is 18.2 Å². The summed E-state index contributed by atoms with van der Waals surface area (Å²) in [6.45, 7) is 0. The summed E-state index contributed by atoms with van der Waals surface area (Å²) in [5, 5.41) is 17.9. The Labute approximate surface area is 112 Å². The van der Waals surface area contributed by atoms with Gasteiger partial charge < -0.3 is 10.2 Å². The van der Waals surface area contributed by atoms with E-state index in [0.717, 1.165) is 6.08 Å². The largest absolute Gasteiger partial charge is 0.507 e. The lowest BCUT2D eigenvalue weighted by Crippen LogP contribution is -2.40. The number of halogens is 1. The van der Waals surface area contributed by atoms with Crippen LogP contribution in [-0.2, 0) is 9.59 Å². The zero-order chi connectivity index (χ0) is 14.4. The van der Waals surface area contributed by atoms with Crippen molar-refractivity contribution < 1.29 is 24.6 Å². The number of aromatic hydroxyl groups is 1. The van der Waals surface area contributed by atoms with Crippen molar-refractivity contribution in [2.45, 2.75) is 0 Å². The summed E-state index contributed by atoms with van der Waals surface area (Å²) in [6.07, 6.45) is 1.33. The lowest BCUT2D eigenvalue weighted by molar-refractivity contribution is -0.131. The smallest absolute Gasteiger partial charge is 0.328 e. The number of phenolic OH excluding ortho intramolecular Hbond substituents is 1. The molecule has 0 fully saturated rings. The molecule has 0 unspecified atom stereocenters. The van der Waals surface area contributed by atoms with Crippen molar-refractivity contribution in [1.82, 2.24) is 10.9 Å². The van der Waals surface area contributed by atoms with Crippen LogP contribution in [0.15, 0.2) is 30.4 Å². The molecule has 1 aromatic carbocycles. The average Bonchev–Trinajstić information content (AvgIpc) is 2.36. The van der Waals surface area contributed by atoms with Gasteiger partial charge in [0.05, 0.1) is 5.56 Å². The van der Waals surface area contributed by atoms with Crippen molar-refractivity contribution >= 4 is 29.4 Å². The van der Waals surface area contributed by atoms with Crippen LogP contribution < -0.4 is 10.9 Å². The van der Waals surface area contributed by atoms with Crippen LogP contribution in [0.1, 0.15) is 10.4 Å². The van der Waals surface area contributed by atoms with Crippen molar-refractivity contribution in [3.05, 3.63) is 40.9 Å². The Balaban J connectivity index is 2.63. The van der Waals surface area contributed by atoms with Crippen LogP contribution in [0.5, 0.6) is 5.75 Å². The van der Waals surface area contributed by atoms with Gasteiger partial charge in [-0.25, -0.2) is 4.79 Å². The van der Waals surface area contributed by atoms with E-state index < -0.39 is 17.8 Å². The minimum absolute atomic E-state index is 0.130. The number of carboxylic acid groups (broad SMARTS) is 1. The quantitative estimate of drug-likeness (QED) is 0.475. The Morgan fingerprint density at radius 2 is 1.84 bits per heavy atom. The van der Waals surface area contributed by atoms with Crippen molar-refractivity contribution in [3.8, 4) is 5.75 Å². The number of carbonyl (C=O) groups excluding carboxylic acids is 2. The van der Waals surface area contributed by atoms with Gasteiger partial charge in [0.15, 0.2) is 0 Å². The predicted molar refractivity (Wildman–Crippen MR) is 65.5 cm³/mol. The molecule has 0 bridgehead atoms. The minimum Gasteiger partial charge on any atom is -0.507 e. The van der Waals surface area contributed by atoms with Gasteiger partial charge in [-0.05, 0) is 18.2 Å². The number of benzene rings is 1. The third kappa shape index (κ3) is 4.68. The zero-order valence-electron chi connectivity index (χ0n) is 9.38. The number of phenols is 1. The normalized spacial score (nSPS) is 10.2. The first-order chi connectivity index (χ1) is 8.90. The highest BCUT2D eigenvalue weighted by Crippen LogP contribution is 2.20. The number of hydrazine groups is 1. The minimum atomic E-state index is -1.30. The zero-order valence-corrected chi connectivity index (χ0v) is 10.1. The molecule has 2 amide bonds.